The van der Waals surface area contributed by atoms with Crippen molar-refractivity contribution in [3.63, 3.8) is 0 Å². The lowest BCUT2D eigenvalue weighted by Crippen LogP contribution is -2.34. The fourth-order valence-corrected chi connectivity index (χ4v) is 5.21. The Bertz CT molecular complexity index is 1580. The summed E-state index contributed by atoms with van der Waals surface area (Å²) >= 11 is 11.9. The second-order valence-electron chi connectivity index (χ2n) is 9.53. The highest BCUT2D eigenvalue weighted by molar-refractivity contribution is 6.30. The molecule has 0 bridgehead atoms. The zero-order valence-electron chi connectivity index (χ0n) is 21.4. The number of fused-ring (bicyclic) bond motifs is 3. The lowest BCUT2D eigenvalue weighted by atomic mass is 10.0. The number of carbonyl (C=O) groups is 1. The van der Waals surface area contributed by atoms with E-state index in [1.165, 1.54) is 13.0 Å². The minimum absolute atomic E-state index is 0.214. The average molecular weight is 589 g/mol. The molecule has 11 heteroatoms. The molecule has 3 heterocycles. The average Bonchev–Trinajstić information content (AvgIpc) is 3.20. The van der Waals surface area contributed by atoms with Gasteiger partial charge in [-0.25, -0.2) is 9.78 Å². The van der Waals surface area contributed by atoms with Crippen molar-refractivity contribution in [2.75, 3.05) is 13.1 Å². The van der Waals surface area contributed by atoms with Gasteiger partial charge in [-0.3, -0.25) is 9.47 Å². The Kier molecular flexibility index (Phi) is 8.07. The van der Waals surface area contributed by atoms with Gasteiger partial charge in [-0.1, -0.05) is 47.5 Å². The van der Waals surface area contributed by atoms with Crippen LogP contribution in [0.5, 0.6) is 5.75 Å². The van der Waals surface area contributed by atoms with Crippen molar-refractivity contribution in [3.05, 3.63) is 98.9 Å². The number of carbonyl (C=O) groups excluding carboxylic acids is 1. The number of halogens is 5. The van der Waals surface area contributed by atoms with Gasteiger partial charge in [0.1, 0.15) is 10.9 Å². The molecule has 208 valence electrons. The number of ether oxygens (including phenoxy) is 1. The number of aryl methyl sites for hydroxylation is 1. The van der Waals surface area contributed by atoms with E-state index in [1.807, 2.05) is 36.4 Å². The molecule has 2 aromatic carbocycles. The molecule has 1 N–H and O–H groups in total. The number of pyridine rings is 1. The molecule has 0 atom stereocenters. The number of alkyl halides is 3. The minimum atomic E-state index is -4.83. The molecular formula is C29H25Cl2F3N4O2. The first-order valence-electron chi connectivity index (χ1n) is 12.5. The van der Waals surface area contributed by atoms with Crippen LogP contribution in [-0.2, 0) is 19.5 Å². The summed E-state index contributed by atoms with van der Waals surface area (Å²) in [7, 11) is 0. The van der Waals surface area contributed by atoms with Crippen molar-refractivity contribution < 1.29 is 22.7 Å². The first-order valence-corrected chi connectivity index (χ1v) is 13.3. The van der Waals surface area contributed by atoms with Crippen LogP contribution in [0.1, 0.15) is 27.9 Å². The predicted octanol–water partition coefficient (Wildman–Crippen LogP) is 7.38. The number of hydrogen-bond acceptors (Lipinski definition) is 4. The van der Waals surface area contributed by atoms with E-state index in [2.05, 4.69) is 19.9 Å². The predicted molar refractivity (Wildman–Crippen MR) is 150 cm³/mol. The summed E-state index contributed by atoms with van der Waals surface area (Å²) in [6, 6.07) is 13.5. The second-order valence-corrected chi connectivity index (χ2v) is 10.4. The van der Waals surface area contributed by atoms with Crippen molar-refractivity contribution in [1.29, 1.82) is 0 Å². The molecule has 2 aromatic heterocycles. The van der Waals surface area contributed by atoms with Crippen LogP contribution in [-0.4, -0.2) is 39.9 Å². The molecule has 0 saturated heterocycles. The fourth-order valence-electron chi connectivity index (χ4n) is 4.88. The Morgan fingerprint density at radius 2 is 1.93 bits per heavy atom. The van der Waals surface area contributed by atoms with E-state index in [0.29, 0.717) is 47.1 Å². The Morgan fingerprint density at radius 3 is 2.65 bits per heavy atom. The van der Waals surface area contributed by atoms with E-state index >= 15 is 0 Å². The van der Waals surface area contributed by atoms with Crippen LogP contribution >= 0.6 is 23.2 Å². The van der Waals surface area contributed by atoms with Crippen LogP contribution in [0.15, 0.2) is 60.8 Å². The number of nitrogens with zero attached hydrogens (tertiary/aromatic N) is 3. The van der Waals surface area contributed by atoms with Gasteiger partial charge in [-0.2, -0.15) is 0 Å². The van der Waals surface area contributed by atoms with E-state index in [4.69, 9.17) is 23.2 Å². The van der Waals surface area contributed by atoms with E-state index in [-0.39, 0.29) is 23.9 Å². The first kappa shape index (κ1) is 28.0. The summed E-state index contributed by atoms with van der Waals surface area (Å²) in [5, 5.41) is 4.43. The third kappa shape index (κ3) is 6.43. The largest absolute Gasteiger partial charge is 0.573 e. The van der Waals surface area contributed by atoms with Crippen molar-refractivity contribution in [1.82, 2.24) is 19.8 Å². The summed E-state index contributed by atoms with van der Waals surface area (Å²) in [6.45, 7) is 3.51. The highest BCUT2D eigenvalue weighted by Gasteiger charge is 2.33. The van der Waals surface area contributed by atoms with Gasteiger partial charge in [-0.15, -0.1) is 13.2 Å². The van der Waals surface area contributed by atoms with Crippen molar-refractivity contribution >= 4 is 46.2 Å². The Morgan fingerprint density at radius 1 is 1.15 bits per heavy atom. The van der Waals surface area contributed by atoms with Crippen molar-refractivity contribution in [2.24, 2.45) is 0 Å². The van der Waals surface area contributed by atoms with Crippen LogP contribution in [0.3, 0.4) is 0 Å². The third-order valence-corrected chi connectivity index (χ3v) is 7.19. The normalized spacial score (nSPS) is 14.1. The smallest absolute Gasteiger partial charge is 0.405 e. The SMILES string of the molecule is Cc1cc2c(cc1OC(F)(F)F)c1c(n2C(=O)NCc2ccnc(Cl)c2)CCN(CC=Cc2ccc(Cl)cc2)C1. The number of aromatic nitrogens is 2. The van der Waals surface area contributed by atoms with Gasteiger partial charge in [-0.05, 0) is 65.6 Å². The minimum Gasteiger partial charge on any atom is -0.405 e. The fraction of sp³-hybridized carbons (Fsp3) is 0.241. The first-order chi connectivity index (χ1) is 19.1. The quantitative estimate of drug-likeness (QED) is 0.239. The highest BCUT2D eigenvalue weighted by Crippen LogP contribution is 2.37. The maximum atomic E-state index is 13.5. The zero-order valence-corrected chi connectivity index (χ0v) is 22.9. The lowest BCUT2D eigenvalue weighted by Gasteiger charge is -2.27. The number of benzene rings is 2. The summed E-state index contributed by atoms with van der Waals surface area (Å²) in [5.74, 6) is -0.286. The molecule has 0 spiro atoms. The number of rotatable bonds is 6. The van der Waals surface area contributed by atoms with Gasteiger partial charge in [0.15, 0.2) is 0 Å². The van der Waals surface area contributed by atoms with Crippen LogP contribution < -0.4 is 10.1 Å². The molecule has 0 radical (unpaired) electrons. The zero-order chi connectivity index (χ0) is 28.4. The van der Waals surface area contributed by atoms with Gasteiger partial charge < -0.3 is 10.1 Å². The molecule has 0 fully saturated rings. The van der Waals surface area contributed by atoms with E-state index < -0.39 is 6.36 Å². The summed E-state index contributed by atoms with van der Waals surface area (Å²) in [6.07, 6.45) is 1.29. The van der Waals surface area contributed by atoms with E-state index in [9.17, 15) is 18.0 Å². The lowest BCUT2D eigenvalue weighted by molar-refractivity contribution is -0.274. The Balaban J connectivity index is 1.45. The maximum Gasteiger partial charge on any atom is 0.573 e. The van der Waals surface area contributed by atoms with Gasteiger partial charge in [0.2, 0.25) is 0 Å². The molecule has 0 saturated carbocycles. The molecule has 1 aliphatic heterocycles. The molecular weight excluding hydrogens is 564 g/mol. The van der Waals surface area contributed by atoms with Crippen LogP contribution in [0.2, 0.25) is 10.2 Å². The molecule has 4 aromatic rings. The molecule has 0 unspecified atom stereocenters. The number of nitrogens with one attached hydrogen (secondary N) is 1. The summed E-state index contributed by atoms with van der Waals surface area (Å²) in [5.41, 5.74) is 4.15. The third-order valence-electron chi connectivity index (χ3n) is 6.73. The van der Waals surface area contributed by atoms with Gasteiger partial charge in [0, 0.05) is 54.9 Å². The topological polar surface area (TPSA) is 59.4 Å². The van der Waals surface area contributed by atoms with Gasteiger partial charge in [0.25, 0.3) is 0 Å². The van der Waals surface area contributed by atoms with Crippen LogP contribution in [0, 0.1) is 6.92 Å². The monoisotopic (exact) mass is 588 g/mol. The molecule has 5 rings (SSSR count). The highest BCUT2D eigenvalue weighted by atomic mass is 35.5. The molecule has 1 amide bonds. The number of amides is 1. The summed E-state index contributed by atoms with van der Waals surface area (Å²) < 4.78 is 45.2. The standard InChI is InChI=1S/C29H25Cl2F3N4O2/c1-18-13-25-22(15-26(18)40-29(32,33)34)23-17-37(11-2-3-19-4-6-21(30)7-5-19)12-9-24(23)38(25)28(39)36-16-20-8-10-35-27(31)14-20/h2-8,10,13-15H,9,11-12,16-17H2,1H3,(H,36,39). The Labute approximate surface area is 239 Å². The second kappa shape index (κ2) is 11.5. The molecule has 1 aliphatic rings. The van der Waals surface area contributed by atoms with Crippen LogP contribution in [0.4, 0.5) is 18.0 Å². The molecule has 0 aliphatic carbocycles. The summed E-state index contributed by atoms with van der Waals surface area (Å²) in [4.78, 5) is 19.6. The van der Waals surface area contributed by atoms with Crippen molar-refractivity contribution in [2.45, 2.75) is 32.8 Å². The maximum absolute atomic E-state index is 13.5. The van der Waals surface area contributed by atoms with E-state index in [1.54, 1.807) is 29.0 Å². The van der Waals surface area contributed by atoms with E-state index in [0.717, 1.165) is 22.4 Å². The Hall–Kier alpha value is -3.53. The molecule has 6 nitrogen and oxygen atoms in total. The number of hydrogen-bond donors (Lipinski definition) is 1. The van der Waals surface area contributed by atoms with Crippen LogP contribution in [0.25, 0.3) is 17.0 Å². The van der Waals surface area contributed by atoms with Gasteiger partial charge >= 0.3 is 12.4 Å². The van der Waals surface area contributed by atoms with Crippen molar-refractivity contribution in [3.8, 4) is 5.75 Å². The molecule has 40 heavy (non-hydrogen) atoms. The van der Waals surface area contributed by atoms with Gasteiger partial charge in [0.05, 0.1) is 5.52 Å².